The highest BCUT2D eigenvalue weighted by molar-refractivity contribution is 6.33. The maximum absolute atomic E-state index is 11.7. The van der Waals surface area contributed by atoms with Crippen LogP contribution in [0.1, 0.15) is 31.3 Å². The fraction of sp³-hybridized carbons (Fsp3) is 0.545. The quantitative estimate of drug-likeness (QED) is 0.855. The molecule has 94 valence electrons. The predicted molar refractivity (Wildman–Crippen MR) is 64.8 cm³/mol. The van der Waals surface area contributed by atoms with E-state index in [0.717, 1.165) is 0 Å². The number of aromatic nitrogens is 2. The van der Waals surface area contributed by atoms with Crippen LogP contribution < -0.4 is 5.32 Å². The van der Waals surface area contributed by atoms with Gasteiger partial charge in [-0.2, -0.15) is 5.10 Å². The normalized spacial score (nSPS) is 13.2. The monoisotopic (exact) mass is 257 g/mol. The molecule has 1 atom stereocenters. The molecule has 1 aromatic rings. The van der Waals surface area contributed by atoms with Crippen LogP contribution in [0.3, 0.4) is 0 Å². The van der Waals surface area contributed by atoms with Gasteiger partial charge < -0.3 is 10.4 Å². The van der Waals surface area contributed by atoms with E-state index in [1.165, 1.54) is 12.3 Å². The Morgan fingerprint density at radius 3 is 2.76 bits per heavy atom. The lowest BCUT2D eigenvalue weighted by Crippen LogP contribution is -2.39. The number of halogens is 1. The van der Waals surface area contributed by atoms with Gasteiger partial charge in [-0.15, -0.1) is 5.10 Å². The number of hydrogen-bond acceptors (Lipinski definition) is 4. The van der Waals surface area contributed by atoms with E-state index in [-0.39, 0.29) is 22.7 Å². The molecule has 0 aliphatic heterocycles. The van der Waals surface area contributed by atoms with Gasteiger partial charge in [-0.05, 0) is 11.5 Å². The zero-order chi connectivity index (χ0) is 13.1. The number of nitrogens with one attached hydrogen (secondary N) is 1. The van der Waals surface area contributed by atoms with Crippen molar-refractivity contribution in [2.24, 2.45) is 5.41 Å². The lowest BCUT2D eigenvalue weighted by Gasteiger charge is -2.25. The second kappa shape index (κ2) is 5.42. The van der Waals surface area contributed by atoms with Crippen LogP contribution >= 0.6 is 11.6 Å². The van der Waals surface area contributed by atoms with Crippen molar-refractivity contribution in [3.63, 3.8) is 0 Å². The first-order chi connectivity index (χ1) is 7.82. The molecular formula is C11H16ClN3O2. The molecule has 2 N–H and O–H groups in total. The third-order valence-electron chi connectivity index (χ3n) is 2.34. The molecule has 0 spiro atoms. The first kappa shape index (κ1) is 13.9. The van der Waals surface area contributed by atoms with Crippen molar-refractivity contribution in [2.45, 2.75) is 26.9 Å². The molecule has 6 heteroatoms. The molecule has 0 aliphatic carbocycles. The fourth-order valence-corrected chi connectivity index (χ4v) is 1.23. The highest BCUT2D eigenvalue weighted by Gasteiger charge is 2.23. The molecule has 0 saturated carbocycles. The highest BCUT2D eigenvalue weighted by Crippen LogP contribution is 2.18. The third kappa shape index (κ3) is 3.94. The van der Waals surface area contributed by atoms with Crippen LogP contribution in [0.5, 0.6) is 0 Å². The van der Waals surface area contributed by atoms with E-state index in [1.54, 1.807) is 0 Å². The average molecular weight is 258 g/mol. The van der Waals surface area contributed by atoms with Gasteiger partial charge in [-0.3, -0.25) is 4.79 Å². The summed E-state index contributed by atoms with van der Waals surface area (Å²) in [6.07, 6.45) is 0.769. The molecule has 1 aromatic heterocycles. The summed E-state index contributed by atoms with van der Waals surface area (Å²) in [4.78, 5) is 11.7. The Kier molecular flexibility index (Phi) is 4.42. The number of carbonyl (C=O) groups excluding carboxylic acids is 1. The molecule has 1 amide bonds. The van der Waals surface area contributed by atoms with Gasteiger partial charge in [0.2, 0.25) is 0 Å². The molecule has 5 nitrogen and oxygen atoms in total. The van der Waals surface area contributed by atoms with Crippen LogP contribution in [0, 0.1) is 5.41 Å². The zero-order valence-corrected chi connectivity index (χ0v) is 10.8. The summed E-state index contributed by atoms with van der Waals surface area (Å²) in [6, 6.07) is 1.49. The van der Waals surface area contributed by atoms with Crippen molar-refractivity contribution in [3.05, 3.63) is 23.0 Å². The number of rotatable bonds is 3. The Bertz CT molecular complexity index is 404. The second-order valence-electron chi connectivity index (χ2n) is 4.82. The first-order valence-corrected chi connectivity index (χ1v) is 5.63. The lowest BCUT2D eigenvalue weighted by atomic mass is 9.89. The average Bonchev–Trinajstić information content (AvgIpc) is 2.24. The summed E-state index contributed by atoms with van der Waals surface area (Å²) in [5.41, 5.74) is -0.227. The van der Waals surface area contributed by atoms with Gasteiger partial charge in [0, 0.05) is 6.54 Å². The fourth-order valence-electron chi connectivity index (χ4n) is 1.05. The smallest absolute Gasteiger partial charge is 0.273 e. The summed E-state index contributed by atoms with van der Waals surface area (Å²) in [5.74, 6) is -0.439. The third-order valence-corrected chi connectivity index (χ3v) is 2.65. The van der Waals surface area contributed by atoms with Gasteiger partial charge in [0.1, 0.15) is 0 Å². The summed E-state index contributed by atoms with van der Waals surface area (Å²) < 4.78 is 0. The summed E-state index contributed by atoms with van der Waals surface area (Å²) in [7, 11) is 0. The minimum atomic E-state index is -0.637. The first-order valence-electron chi connectivity index (χ1n) is 5.26. The van der Waals surface area contributed by atoms with Gasteiger partial charge in [-0.1, -0.05) is 32.4 Å². The largest absolute Gasteiger partial charge is 0.391 e. The minimum absolute atomic E-state index is 0.0651. The second-order valence-corrected chi connectivity index (χ2v) is 5.23. The van der Waals surface area contributed by atoms with Gasteiger partial charge in [0.25, 0.3) is 5.91 Å². The Morgan fingerprint density at radius 2 is 2.24 bits per heavy atom. The Hall–Kier alpha value is -1.20. The molecule has 1 unspecified atom stereocenters. The number of nitrogens with zero attached hydrogens (tertiary/aromatic N) is 2. The van der Waals surface area contributed by atoms with Crippen LogP contribution in [-0.4, -0.2) is 33.9 Å². The van der Waals surface area contributed by atoms with Crippen LogP contribution in [0.25, 0.3) is 0 Å². The van der Waals surface area contributed by atoms with E-state index in [9.17, 15) is 9.90 Å². The molecular weight excluding hydrogens is 242 g/mol. The van der Waals surface area contributed by atoms with Gasteiger partial charge >= 0.3 is 0 Å². The van der Waals surface area contributed by atoms with Crippen molar-refractivity contribution in [1.82, 2.24) is 15.5 Å². The predicted octanol–water partition coefficient (Wildman–Crippen LogP) is 1.27. The summed E-state index contributed by atoms with van der Waals surface area (Å²) in [5, 5.41) is 19.8. The molecule has 0 saturated heterocycles. The number of aliphatic hydroxyl groups is 1. The molecule has 0 aliphatic rings. The van der Waals surface area contributed by atoms with E-state index < -0.39 is 12.0 Å². The van der Waals surface area contributed by atoms with E-state index >= 15 is 0 Å². The van der Waals surface area contributed by atoms with Crippen molar-refractivity contribution in [1.29, 1.82) is 0 Å². The Balaban J connectivity index is 2.60. The summed E-state index contributed by atoms with van der Waals surface area (Å²) >= 11 is 5.80. The van der Waals surface area contributed by atoms with E-state index in [1.807, 2.05) is 20.8 Å². The number of aliphatic hydroxyl groups excluding tert-OH is 1. The molecule has 0 radical (unpaired) electrons. The van der Waals surface area contributed by atoms with Crippen molar-refractivity contribution in [3.8, 4) is 0 Å². The van der Waals surface area contributed by atoms with E-state index in [4.69, 9.17) is 11.6 Å². The maximum Gasteiger partial charge on any atom is 0.273 e. The SMILES string of the molecule is CC(C)(C)C(O)CNC(=O)c1nnccc1Cl. The van der Waals surface area contributed by atoms with Crippen molar-refractivity contribution < 1.29 is 9.90 Å². The molecule has 1 heterocycles. The highest BCUT2D eigenvalue weighted by atomic mass is 35.5. The van der Waals surface area contributed by atoms with Gasteiger partial charge in [-0.25, -0.2) is 0 Å². The zero-order valence-electron chi connectivity index (χ0n) is 10.1. The van der Waals surface area contributed by atoms with Crippen molar-refractivity contribution >= 4 is 17.5 Å². The molecule has 0 aromatic carbocycles. The van der Waals surface area contributed by atoms with Crippen LogP contribution in [0.2, 0.25) is 5.02 Å². The van der Waals surface area contributed by atoms with Crippen LogP contribution in [0.4, 0.5) is 0 Å². The minimum Gasteiger partial charge on any atom is -0.391 e. The standard InChI is InChI=1S/C11H16ClN3O2/c1-11(2,3)8(16)6-13-10(17)9-7(12)4-5-14-15-9/h4-5,8,16H,6H2,1-3H3,(H,13,17). The van der Waals surface area contributed by atoms with Gasteiger partial charge in [0.15, 0.2) is 5.69 Å². The Labute approximate surface area is 105 Å². The molecule has 1 rings (SSSR count). The molecule has 0 bridgehead atoms. The number of carbonyl (C=O) groups is 1. The topological polar surface area (TPSA) is 75.1 Å². The maximum atomic E-state index is 11.7. The Morgan fingerprint density at radius 1 is 1.59 bits per heavy atom. The molecule has 17 heavy (non-hydrogen) atoms. The van der Waals surface area contributed by atoms with E-state index in [2.05, 4.69) is 15.5 Å². The van der Waals surface area contributed by atoms with Crippen molar-refractivity contribution in [2.75, 3.05) is 6.54 Å². The number of amides is 1. The summed E-state index contributed by atoms with van der Waals surface area (Å²) in [6.45, 7) is 5.81. The lowest BCUT2D eigenvalue weighted by molar-refractivity contribution is 0.0585. The van der Waals surface area contributed by atoms with Crippen LogP contribution in [0.15, 0.2) is 12.3 Å². The number of hydrogen-bond donors (Lipinski definition) is 2. The molecule has 0 fully saturated rings. The van der Waals surface area contributed by atoms with E-state index in [0.29, 0.717) is 0 Å². The van der Waals surface area contributed by atoms with Crippen LogP contribution in [-0.2, 0) is 0 Å². The van der Waals surface area contributed by atoms with Gasteiger partial charge in [0.05, 0.1) is 17.3 Å².